The van der Waals surface area contributed by atoms with E-state index < -0.39 is 0 Å². The van der Waals surface area contributed by atoms with Crippen molar-refractivity contribution >= 4 is 41.5 Å². The summed E-state index contributed by atoms with van der Waals surface area (Å²) in [5.74, 6) is 0. The topological polar surface area (TPSA) is 12.0 Å². The summed E-state index contributed by atoms with van der Waals surface area (Å²) in [4.78, 5) is 2.35. The molecule has 0 aromatic heterocycles. The smallest absolute Gasteiger partial charge is 0.0479 e. The molecule has 17 heavy (non-hydrogen) atoms. The molecule has 4 heteroatoms. The minimum atomic E-state index is 0. The highest BCUT2D eigenvalue weighted by molar-refractivity contribution is 7.99. The normalized spacial score (nSPS) is 9.53. The molecule has 0 fully saturated rings. The van der Waals surface area contributed by atoms with Gasteiger partial charge < -0.3 is 5.32 Å². The van der Waals surface area contributed by atoms with Gasteiger partial charge in [-0.1, -0.05) is 41.6 Å². The molecular weight excluding hydrogens is 273 g/mol. The molecule has 0 aliphatic heterocycles. The lowest BCUT2D eigenvalue weighted by Gasteiger charge is -2.08. The molecule has 1 nitrogen and oxygen atoms in total. The van der Waals surface area contributed by atoms with E-state index in [0.717, 1.165) is 15.6 Å². The predicted octanol–water partition coefficient (Wildman–Crippen LogP) is 4.95. The number of hydrogen-bond acceptors (Lipinski definition) is 2. The van der Waals surface area contributed by atoms with Crippen molar-refractivity contribution in [3.63, 3.8) is 0 Å². The van der Waals surface area contributed by atoms with Crippen molar-refractivity contribution in [1.29, 1.82) is 0 Å². The zero-order valence-electron chi connectivity index (χ0n) is 9.31. The van der Waals surface area contributed by atoms with Gasteiger partial charge in [0.1, 0.15) is 0 Å². The molecule has 2 aromatic carbocycles. The van der Waals surface area contributed by atoms with E-state index in [4.69, 9.17) is 11.6 Å². The van der Waals surface area contributed by atoms with Crippen LogP contribution in [0.25, 0.3) is 0 Å². The second kappa shape index (κ2) is 6.80. The third-order valence-corrected chi connectivity index (χ3v) is 3.48. The van der Waals surface area contributed by atoms with Gasteiger partial charge in [0.05, 0.1) is 0 Å². The Morgan fingerprint density at radius 3 is 2.53 bits per heavy atom. The van der Waals surface area contributed by atoms with E-state index in [9.17, 15) is 0 Å². The lowest BCUT2D eigenvalue weighted by Crippen LogP contribution is -1.89. The van der Waals surface area contributed by atoms with Crippen molar-refractivity contribution in [3.8, 4) is 0 Å². The van der Waals surface area contributed by atoms with Crippen molar-refractivity contribution < 1.29 is 0 Å². The van der Waals surface area contributed by atoms with Crippen LogP contribution in [0, 0.1) is 0 Å². The fraction of sp³-hybridized carbons (Fsp3) is 0.0769. The molecule has 0 saturated carbocycles. The van der Waals surface area contributed by atoms with Gasteiger partial charge in [-0.3, -0.25) is 0 Å². The molecule has 0 heterocycles. The second-order valence-electron chi connectivity index (χ2n) is 3.31. The Labute approximate surface area is 117 Å². The van der Waals surface area contributed by atoms with Gasteiger partial charge in [0.2, 0.25) is 0 Å². The Morgan fingerprint density at radius 2 is 1.82 bits per heavy atom. The van der Waals surface area contributed by atoms with Gasteiger partial charge in [0.25, 0.3) is 0 Å². The summed E-state index contributed by atoms with van der Waals surface area (Å²) in [5, 5.41) is 3.95. The standard InChI is InChI=1S/C13H12ClNS.ClH/c1-15-12-7-2-3-8-13(12)16-11-6-4-5-10(14)9-11;/h2-9,15H,1H3;1H. The molecular formula is C13H13Cl2NS. The summed E-state index contributed by atoms with van der Waals surface area (Å²) in [7, 11) is 1.93. The highest BCUT2D eigenvalue weighted by atomic mass is 35.5. The molecule has 1 N–H and O–H groups in total. The van der Waals surface area contributed by atoms with Crippen LogP contribution in [0.5, 0.6) is 0 Å². The first-order valence-corrected chi connectivity index (χ1v) is 6.19. The zero-order chi connectivity index (χ0) is 11.4. The van der Waals surface area contributed by atoms with Gasteiger partial charge in [0, 0.05) is 27.5 Å². The minimum Gasteiger partial charge on any atom is -0.387 e. The highest BCUT2D eigenvalue weighted by Gasteiger charge is 2.02. The van der Waals surface area contributed by atoms with Crippen LogP contribution in [-0.2, 0) is 0 Å². The van der Waals surface area contributed by atoms with Crippen LogP contribution in [0.4, 0.5) is 5.69 Å². The van der Waals surface area contributed by atoms with Crippen molar-refractivity contribution in [3.05, 3.63) is 53.6 Å². The van der Waals surface area contributed by atoms with Gasteiger partial charge >= 0.3 is 0 Å². The van der Waals surface area contributed by atoms with E-state index in [1.165, 1.54) is 4.90 Å². The summed E-state index contributed by atoms with van der Waals surface area (Å²) in [5.41, 5.74) is 1.13. The molecule has 90 valence electrons. The lowest BCUT2D eigenvalue weighted by atomic mass is 10.3. The first-order valence-electron chi connectivity index (χ1n) is 5.00. The van der Waals surface area contributed by atoms with Gasteiger partial charge in [-0.25, -0.2) is 0 Å². The third kappa shape index (κ3) is 3.84. The molecule has 0 radical (unpaired) electrons. The SMILES string of the molecule is CNc1ccccc1Sc1cccc(Cl)c1.Cl. The van der Waals surface area contributed by atoms with Crippen LogP contribution in [0.3, 0.4) is 0 Å². The second-order valence-corrected chi connectivity index (χ2v) is 4.86. The van der Waals surface area contributed by atoms with Gasteiger partial charge in [-0.2, -0.15) is 0 Å². The number of anilines is 1. The molecule has 0 atom stereocenters. The Morgan fingerprint density at radius 1 is 1.06 bits per heavy atom. The summed E-state index contributed by atoms with van der Waals surface area (Å²) in [6.45, 7) is 0. The number of benzene rings is 2. The molecule has 0 spiro atoms. The Balaban J connectivity index is 0.00000144. The van der Waals surface area contributed by atoms with E-state index in [1.807, 2.05) is 37.4 Å². The Bertz CT molecular complexity index is 488. The Kier molecular flexibility index (Phi) is 5.69. The van der Waals surface area contributed by atoms with Crippen LogP contribution >= 0.6 is 35.8 Å². The summed E-state index contributed by atoms with van der Waals surface area (Å²) < 4.78 is 0. The molecule has 0 amide bonds. The number of rotatable bonds is 3. The molecule has 0 aliphatic rings. The van der Waals surface area contributed by atoms with Gasteiger partial charge in [-0.05, 0) is 30.3 Å². The average molecular weight is 286 g/mol. The van der Waals surface area contributed by atoms with Crippen molar-refractivity contribution in [1.82, 2.24) is 0 Å². The third-order valence-electron chi connectivity index (χ3n) is 2.18. The number of nitrogens with one attached hydrogen (secondary N) is 1. The fourth-order valence-electron chi connectivity index (χ4n) is 1.42. The quantitative estimate of drug-likeness (QED) is 0.856. The number of para-hydroxylation sites is 1. The fourth-order valence-corrected chi connectivity index (χ4v) is 2.69. The zero-order valence-corrected chi connectivity index (χ0v) is 11.7. The van der Waals surface area contributed by atoms with Crippen LogP contribution in [0.15, 0.2) is 58.3 Å². The largest absolute Gasteiger partial charge is 0.387 e. The number of halogens is 2. The predicted molar refractivity (Wildman–Crippen MR) is 78.8 cm³/mol. The molecule has 2 rings (SSSR count). The van der Waals surface area contributed by atoms with Crippen LogP contribution in [-0.4, -0.2) is 7.05 Å². The monoisotopic (exact) mass is 285 g/mol. The van der Waals surface area contributed by atoms with E-state index >= 15 is 0 Å². The highest BCUT2D eigenvalue weighted by Crippen LogP contribution is 2.33. The molecule has 0 bridgehead atoms. The van der Waals surface area contributed by atoms with E-state index in [0.29, 0.717) is 0 Å². The summed E-state index contributed by atoms with van der Waals surface area (Å²) in [6, 6.07) is 16.1. The van der Waals surface area contributed by atoms with Gasteiger partial charge in [-0.15, -0.1) is 12.4 Å². The van der Waals surface area contributed by atoms with Crippen LogP contribution in [0.2, 0.25) is 5.02 Å². The first-order chi connectivity index (χ1) is 7.79. The summed E-state index contributed by atoms with van der Waals surface area (Å²) in [6.07, 6.45) is 0. The Hall–Kier alpha value is -0.830. The first kappa shape index (κ1) is 14.2. The molecule has 2 aromatic rings. The van der Waals surface area contributed by atoms with E-state index in [2.05, 4.69) is 23.5 Å². The van der Waals surface area contributed by atoms with Crippen molar-refractivity contribution in [2.75, 3.05) is 12.4 Å². The maximum Gasteiger partial charge on any atom is 0.0479 e. The van der Waals surface area contributed by atoms with Crippen molar-refractivity contribution in [2.45, 2.75) is 9.79 Å². The van der Waals surface area contributed by atoms with E-state index in [1.54, 1.807) is 11.8 Å². The molecule has 0 saturated heterocycles. The lowest BCUT2D eigenvalue weighted by molar-refractivity contribution is 1.36. The maximum absolute atomic E-state index is 5.96. The maximum atomic E-state index is 5.96. The number of hydrogen-bond donors (Lipinski definition) is 1. The average Bonchev–Trinajstić information content (AvgIpc) is 2.30. The minimum absolute atomic E-state index is 0. The van der Waals surface area contributed by atoms with E-state index in [-0.39, 0.29) is 12.4 Å². The van der Waals surface area contributed by atoms with Gasteiger partial charge in [0.15, 0.2) is 0 Å². The molecule has 0 unspecified atom stereocenters. The van der Waals surface area contributed by atoms with Crippen molar-refractivity contribution in [2.24, 2.45) is 0 Å². The summed E-state index contributed by atoms with van der Waals surface area (Å²) >= 11 is 7.66. The van der Waals surface area contributed by atoms with Crippen LogP contribution < -0.4 is 5.32 Å². The molecule has 0 aliphatic carbocycles. The van der Waals surface area contributed by atoms with Crippen LogP contribution in [0.1, 0.15) is 0 Å².